The van der Waals surface area contributed by atoms with Gasteiger partial charge in [0.2, 0.25) is 0 Å². The number of fused-ring (bicyclic) bond motifs is 4. The lowest BCUT2D eigenvalue weighted by Gasteiger charge is -2.47. The van der Waals surface area contributed by atoms with Crippen LogP contribution in [-0.4, -0.2) is 23.1 Å². The van der Waals surface area contributed by atoms with E-state index in [1.54, 1.807) is 0 Å². The van der Waals surface area contributed by atoms with Crippen LogP contribution in [0.15, 0.2) is 18.2 Å². The third-order valence-corrected chi connectivity index (χ3v) is 6.32. The van der Waals surface area contributed by atoms with E-state index in [9.17, 15) is 9.59 Å². The quantitative estimate of drug-likeness (QED) is 0.635. The molecule has 0 amide bonds. The Morgan fingerprint density at radius 1 is 1.35 bits per heavy atom. The summed E-state index contributed by atoms with van der Waals surface area (Å²) in [6.07, 6.45) is 6.74. The van der Waals surface area contributed by atoms with Crippen molar-refractivity contribution in [1.29, 1.82) is 0 Å². The largest absolute Gasteiger partial charge is 0.481 e. The summed E-state index contributed by atoms with van der Waals surface area (Å²) < 4.78 is 5.43. The molecule has 1 aromatic rings. The van der Waals surface area contributed by atoms with E-state index in [0.717, 1.165) is 19.3 Å². The number of carbonyl (C=O) groups excluding carboxylic acids is 1. The molecule has 2 aliphatic carbocycles. The lowest BCUT2D eigenvalue weighted by molar-refractivity contribution is -0.146. The first kappa shape index (κ1) is 18.9. The molecule has 0 heterocycles. The fraction of sp³-hybridized carbons (Fsp3) is 0.619. The van der Waals surface area contributed by atoms with Gasteiger partial charge in [-0.15, -0.1) is 0 Å². The Hall–Kier alpha value is -1.88. The number of esters is 1. The average molecular weight is 359 g/mol. The summed E-state index contributed by atoms with van der Waals surface area (Å²) in [7, 11) is 0. The zero-order valence-corrected chi connectivity index (χ0v) is 15.7. The van der Waals surface area contributed by atoms with Crippen LogP contribution in [0.25, 0.3) is 0 Å². The monoisotopic (exact) mass is 359 g/mol. The van der Waals surface area contributed by atoms with Crippen LogP contribution in [0.2, 0.25) is 0 Å². The average Bonchev–Trinajstić information content (AvgIpc) is 2.59. The van der Waals surface area contributed by atoms with Gasteiger partial charge in [-0.3, -0.25) is 9.59 Å². The Morgan fingerprint density at radius 3 is 2.85 bits per heavy atom. The molecule has 2 aliphatic rings. The highest BCUT2D eigenvalue weighted by Crippen LogP contribution is 2.46. The van der Waals surface area contributed by atoms with Crippen LogP contribution in [-0.2, 0) is 21.4 Å². The third-order valence-electron chi connectivity index (χ3n) is 6.32. The van der Waals surface area contributed by atoms with E-state index >= 15 is 0 Å². The first-order valence-corrected chi connectivity index (χ1v) is 9.63. The minimum atomic E-state index is -0.994. The number of ether oxygens (including phenoxy) is 1. The molecule has 0 aromatic heterocycles. The van der Waals surface area contributed by atoms with Crippen molar-refractivity contribution in [2.45, 2.75) is 70.3 Å². The van der Waals surface area contributed by atoms with Crippen molar-refractivity contribution < 1.29 is 19.4 Å². The molecule has 0 spiro atoms. The summed E-state index contributed by atoms with van der Waals surface area (Å²) in [5, 5.41) is 8.94. The van der Waals surface area contributed by atoms with Gasteiger partial charge in [0.05, 0.1) is 12.3 Å². The van der Waals surface area contributed by atoms with Gasteiger partial charge in [0.1, 0.15) is 5.75 Å². The Labute approximate surface area is 154 Å². The molecule has 5 nitrogen and oxygen atoms in total. The van der Waals surface area contributed by atoms with Gasteiger partial charge in [-0.05, 0) is 48.4 Å². The first-order chi connectivity index (χ1) is 12.3. The molecule has 0 saturated heterocycles. The Kier molecular flexibility index (Phi) is 5.37. The summed E-state index contributed by atoms with van der Waals surface area (Å²) in [6.45, 7) is 3.75. The summed E-state index contributed by atoms with van der Waals surface area (Å²) in [6, 6.07) is 5.95. The number of nitrogens with two attached hydrogens (primary N) is 1. The minimum absolute atomic E-state index is 0.102. The number of carboxylic acid groups (broad SMARTS) is 1. The molecule has 0 unspecified atom stereocenters. The van der Waals surface area contributed by atoms with Crippen LogP contribution in [0.1, 0.15) is 63.5 Å². The number of carboxylic acids is 1. The lowest BCUT2D eigenvalue weighted by Crippen LogP contribution is -2.52. The van der Waals surface area contributed by atoms with E-state index < -0.39 is 17.9 Å². The van der Waals surface area contributed by atoms with E-state index in [1.807, 2.05) is 12.1 Å². The first-order valence-electron chi connectivity index (χ1n) is 9.63. The normalized spacial score (nSPS) is 29.0. The molecule has 5 heteroatoms. The van der Waals surface area contributed by atoms with Crippen molar-refractivity contribution in [3.63, 3.8) is 0 Å². The van der Waals surface area contributed by atoms with E-state index in [1.165, 1.54) is 37.3 Å². The van der Waals surface area contributed by atoms with Gasteiger partial charge in [0.25, 0.3) is 0 Å². The van der Waals surface area contributed by atoms with E-state index in [-0.39, 0.29) is 17.9 Å². The van der Waals surface area contributed by atoms with Crippen molar-refractivity contribution in [2.24, 2.45) is 17.6 Å². The number of benzene rings is 1. The summed E-state index contributed by atoms with van der Waals surface area (Å²) in [5.74, 6) is -1.26. The molecule has 142 valence electrons. The Bertz CT molecular complexity index is 701. The number of aliphatic carboxylic acids is 1. The van der Waals surface area contributed by atoms with Gasteiger partial charge < -0.3 is 15.6 Å². The maximum atomic E-state index is 12.0. The molecule has 1 fully saturated rings. The zero-order valence-electron chi connectivity index (χ0n) is 15.7. The maximum absolute atomic E-state index is 12.0. The van der Waals surface area contributed by atoms with E-state index in [4.69, 9.17) is 15.6 Å². The van der Waals surface area contributed by atoms with Crippen LogP contribution in [0.4, 0.5) is 0 Å². The second-order valence-corrected chi connectivity index (χ2v) is 8.24. The highest BCUT2D eigenvalue weighted by atomic mass is 16.5. The summed E-state index contributed by atoms with van der Waals surface area (Å²) in [4.78, 5) is 23.0. The van der Waals surface area contributed by atoms with Crippen molar-refractivity contribution in [3.05, 3.63) is 29.3 Å². The molecule has 3 N–H and O–H groups in total. The number of rotatable bonds is 4. The molecule has 26 heavy (non-hydrogen) atoms. The Morgan fingerprint density at radius 2 is 2.12 bits per heavy atom. The predicted molar refractivity (Wildman–Crippen MR) is 99.1 cm³/mol. The van der Waals surface area contributed by atoms with Gasteiger partial charge in [0, 0.05) is 11.5 Å². The minimum Gasteiger partial charge on any atom is -0.481 e. The van der Waals surface area contributed by atoms with Crippen molar-refractivity contribution in [3.8, 4) is 5.75 Å². The fourth-order valence-electron chi connectivity index (χ4n) is 4.61. The molecule has 1 saturated carbocycles. The van der Waals surface area contributed by atoms with Crippen LogP contribution in [0.5, 0.6) is 5.75 Å². The van der Waals surface area contributed by atoms with Gasteiger partial charge in [0.15, 0.2) is 0 Å². The molecule has 3 rings (SSSR count). The fourth-order valence-corrected chi connectivity index (χ4v) is 4.61. The Balaban J connectivity index is 1.84. The molecule has 1 aromatic carbocycles. The maximum Gasteiger partial charge on any atom is 0.312 e. The van der Waals surface area contributed by atoms with Crippen LogP contribution in [0, 0.1) is 11.8 Å². The van der Waals surface area contributed by atoms with E-state index in [2.05, 4.69) is 13.0 Å². The van der Waals surface area contributed by atoms with E-state index in [0.29, 0.717) is 11.7 Å². The number of hydrogen-bond donors (Lipinski definition) is 2. The SMILES string of the molecule is C[C@H](CC(=O)Oc1ccc2c(c1)[C@@]1(C)CCCCC[C@@H](C2)[C@@H]1N)C(=O)O. The summed E-state index contributed by atoms with van der Waals surface area (Å²) in [5.41, 5.74) is 9.08. The highest BCUT2D eigenvalue weighted by Gasteiger charge is 2.43. The third kappa shape index (κ3) is 3.63. The number of hydrogen-bond acceptors (Lipinski definition) is 4. The molecule has 0 radical (unpaired) electrons. The van der Waals surface area contributed by atoms with Gasteiger partial charge in [-0.2, -0.15) is 0 Å². The van der Waals surface area contributed by atoms with Crippen LogP contribution >= 0.6 is 0 Å². The predicted octanol–water partition coefficient (Wildman–Crippen LogP) is 3.42. The topological polar surface area (TPSA) is 89.6 Å². The standard InChI is InChI=1S/C21H29NO4/c1-13(20(24)25)10-18(23)26-16-8-7-14-11-15-6-4-3-5-9-21(2,19(15)22)17(14)12-16/h7-8,12-13,15,19H,3-6,9-11,22H2,1-2H3,(H,24,25)/t13-,15+,19+,21-/m1/s1. The molecule has 4 atom stereocenters. The van der Waals surface area contributed by atoms with Crippen LogP contribution < -0.4 is 10.5 Å². The molecule has 0 aliphatic heterocycles. The lowest BCUT2D eigenvalue weighted by atomic mass is 9.60. The summed E-state index contributed by atoms with van der Waals surface area (Å²) >= 11 is 0. The smallest absolute Gasteiger partial charge is 0.312 e. The zero-order chi connectivity index (χ0) is 18.9. The molecular formula is C21H29NO4. The van der Waals surface area contributed by atoms with Gasteiger partial charge in [-0.25, -0.2) is 0 Å². The van der Waals surface area contributed by atoms with Crippen molar-refractivity contribution in [1.82, 2.24) is 0 Å². The second-order valence-electron chi connectivity index (χ2n) is 8.24. The molecule has 2 bridgehead atoms. The number of carbonyl (C=O) groups is 2. The van der Waals surface area contributed by atoms with Crippen molar-refractivity contribution in [2.75, 3.05) is 0 Å². The van der Waals surface area contributed by atoms with Gasteiger partial charge in [-0.1, -0.05) is 39.2 Å². The van der Waals surface area contributed by atoms with Crippen LogP contribution in [0.3, 0.4) is 0 Å². The van der Waals surface area contributed by atoms with Crippen molar-refractivity contribution >= 4 is 11.9 Å². The highest BCUT2D eigenvalue weighted by molar-refractivity contribution is 5.79. The second kappa shape index (κ2) is 7.39. The molecular weight excluding hydrogens is 330 g/mol. The van der Waals surface area contributed by atoms with Gasteiger partial charge >= 0.3 is 11.9 Å².